The maximum Gasteiger partial charge on any atom is 0.240 e. The Balaban J connectivity index is 1.62. The highest BCUT2D eigenvalue weighted by Gasteiger charge is 2.32. The lowest BCUT2D eigenvalue weighted by Crippen LogP contribution is -2.31. The van der Waals surface area contributed by atoms with Gasteiger partial charge in [-0.05, 0) is 84.7 Å². The minimum atomic E-state index is -3.94. The van der Waals surface area contributed by atoms with E-state index in [1.54, 1.807) is 29.6 Å². The summed E-state index contributed by atoms with van der Waals surface area (Å²) in [4.78, 5) is 0.593. The van der Waals surface area contributed by atoms with Crippen LogP contribution in [0.4, 0.5) is 4.39 Å². The van der Waals surface area contributed by atoms with Crippen molar-refractivity contribution in [3.8, 4) is 0 Å². The van der Waals surface area contributed by atoms with E-state index in [9.17, 15) is 21.2 Å². The lowest BCUT2D eigenvalue weighted by Gasteiger charge is -2.19. The van der Waals surface area contributed by atoms with Gasteiger partial charge in [-0.1, -0.05) is 12.1 Å². The van der Waals surface area contributed by atoms with E-state index in [1.165, 1.54) is 29.0 Å². The van der Waals surface area contributed by atoms with E-state index < -0.39 is 30.9 Å². The molecule has 1 N–H and O–H groups in total. The molecule has 1 aliphatic rings. The fraction of sp³-hybridized carbons (Fsp3) is 0.273. The number of sulfonamides is 1. The van der Waals surface area contributed by atoms with Gasteiger partial charge in [0.2, 0.25) is 10.0 Å². The summed E-state index contributed by atoms with van der Waals surface area (Å²) in [6.07, 6.45) is 3.91. The lowest BCUT2D eigenvalue weighted by atomic mass is 9.92. The van der Waals surface area contributed by atoms with Crippen LogP contribution in [0.25, 0.3) is 0 Å². The molecule has 1 aliphatic carbocycles. The van der Waals surface area contributed by atoms with Crippen LogP contribution in [0.2, 0.25) is 0 Å². The fourth-order valence-electron chi connectivity index (χ4n) is 3.77. The average molecular weight is 480 g/mol. The highest BCUT2D eigenvalue weighted by atomic mass is 32.2. The maximum atomic E-state index is 13.3. The molecule has 0 radical (unpaired) electrons. The van der Waals surface area contributed by atoms with Crippen LogP contribution < -0.4 is 4.72 Å². The molecule has 0 spiro atoms. The predicted molar refractivity (Wildman–Crippen MR) is 119 cm³/mol. The van der Waals surface area contributed by atoms with E-state index in [0.29, 0.717) is 4.88 Å². The SMILES string of the molecule is O=S(=O)(NC[C@@H](c1cccs1)S(=O)(=O)c1ccc(F)cc1)c1ccc2c(c1)CCCC2. The topological polar surface area (TPSA) is 80.3 Å². The largest absolute Gasteiger partial charge is 0.240 e. The van der Waals surface area contributed by atoms with Crippen LogP contribution in [0.5, 0.6) is 0 Å². The summed E-state index contributed by atoms with van der Waals surface area (Å²) in [6.45, 7) is -0.320. The van der Waals surface area contributed by atoms with Gasteiger partial charge in [-0.15, -0.1) is 11.3 Å². The molecule has 1 heterocycles. The number of rotatable bonds is 7. The van der Waals surface area contributed by atoms with E-state index in [1.807, 2.05) is 6.07 Å². The standard InChI is InChI=1S/C22H22FNO4S3/c23-18-8-11-19(12-9-18)30(25,26)22(21-6-3-13-29-21)15-24-31(27,28)20-10-7-16-4-1-2-5-17(16)14-20/h3,6-14,22,24H,1-2,4-5,15H2/t22-/m0/s1. The van der Waals surface area contributed by atoms with E-state index in [-0.39, 0.29) is 16.3 Å². The molecule has 0 amide bonds. The highest BCUT2D eigenvalue weighted by molar-refractivity contribution is 7.92. The van der Waals surface area contributed by atoms with Crippen molar-refractivity contribution in [2.45, 2.75) is 40.7 Å². The number of hydrogen-bond donors (Lipinski definition) is 1. The van der Waals surface area contributed by atoms with Gasteiger partial charge in [0.25, 0.3) is 0 Å². The second-order valence-electron chi connectivity index (χ2n) is 7.49. The Kier molecular flexibility index (Phi) is 6.30. The summed E-state index contributed by atoms with van der Waals surface area (Å²) in [6, 6.07) is 13.0. The van der Waals surface area contributed by atoms with Gasteiger partial charge in [-0.25, -0.2) is 25.9 Å². The molecule has 0 saturated heterocycles. The van der Waals surface area contributed by atoms with Gasteiger partial charge in [0.1, 0.15) is 11.1 Å². The first-order valence-electron chi connectivity index (χ1n) is 9.92. The second kappa shape index (κ2) is 8.82. The van der Waals surface area contributed by atoms with Gasteiger partial charge < -0.3 is 0 Å². The molecule has 2 aromatic carbocycles. The molecule has 1 aromatic heterocycles. The monoisotopic (exact) mass is 479 g/mol. The molecule has 0 fully saturated rings. The molecule has 1 atom stereocenters. The molecule has 5 nitrogen and oxygen atoms in total. The first-order chi connectivity index (χ1) is 14.8. The summed E-state index contributed by atoms with van der Waals surface area (Å²) >= 11 is 1.23. The minimum Gasteiger partial charge on any atom is -0.223 e. The zero-order valence-electron chi connectivity index (χ0n) is 16.6. The van der Waals surface area contributed by atoms with Crippen molar-refractivity contribution in [2.75, 3.05) is 6.54 Å². The van der Waals surface area contributed by atoms with Gasteiger partial charge in [-0.2, -0.15) is 0 Å². The molecule has 9 heteroatoms. The Morgan fingerprint density at radius 2 is 1.58 bits per heavy atom. The maximum absolute atomic E-state index is 13.3. The third-order valence-corrected chi connectivity index (χ3v) is 10.1. The number of nitrogens with one attached hydrogen (secondary N) is 1. The average Bonchev–Trinajstić information content (AvgIpc) is 3.28. The smallest absolute Gasteiger partial charge is 0.223 e. The number of aryl methyl sites for hydroxylation is 2. The van der Waals surface area contributed by atoms with Gasteiger partial charge in [0, 0.05) is 11.4 Å². The summed E-state index contributed by atoms with van der Waals surface area (Å²) in [5, 5.41) is 0.617. The Morgan fingerprint density at radius 1 is 0.903 bits per heavy atom. The van der Waals surface area contributed by atoms with Crippen molar-refractivity contribution >= 4 is 31.2 Å². The van der Waals surface area contributed by atoms with Crippen LogP contribution in [0.1, 0.15) is 34.1 Å². The Morgan fingerprint density at radius 3 is 2.26 bits per heavy atom. The number of hydrogen-bond acceptors (Lipinski definition) is 5. The third kappa shape index (κ3) is 4.74. The van der Waals surface area contributed by atoms with E-state index in [4.69, 9.17) is 0 Å². The summed E-state index contributed by atoms with van der Waals surface area (Å²) in [7, 11) is -7.84. The van der Waals surface area contributed by atoms with Crippen molar-refractivity contribution in [2.24, 2.45) is 0 Å². The summed E-state index contributed by atoms with van der Waals surface area (Å²) in [5.41, 5.74) is 2.20. The second-order valence-corrected chi connectivity index (χ2v) is 12.4. The van der Waals surface area contributed by atoms with Crippen LogP contribution in [-0.2, 0) is 32.7 Å². The van der Waals surface area contributed by atoms with Crippen molar-refractivity contribution in [3.05, 3.63) is 81.8 Å². The van der Waals surface area contributed by atoms with Crippen LogP contribution in [0.15, 0.2) is 69.8 Å². The Bertz CT molecular complexity index is 1270. The zero-order valence-corrected chi connectivity index (χ0v) is 19.1. The Hall–Kier alpha value is -2.07. The minimum absolute atomic E-state index is 0.0553. The number of sulfone groups is 1. The quantitative estimate of drug-likeness (QED) is 0.514. The molecular weight excluding hydrogens is 457 g/mol. The first-order valence-corrected chi connectivity index (χ1v) is 13.8. The number of benzene rings is 2. The normalized spacial score (nSPS) is 15.4. The van der Waals surface area contributed by atoms with E-state index in [0.717, 1.165) is 43.4 Å². The molecule has 3 aromatic rings. The number of fused-ring (bicyclic) bond motifs is 1. The molecule has 0 bridgehead atoms. The van der Waals surface area contributed by atoms with Crippen molar-refractivity contribution < 1.29 is 21.2 Å². The van der Waals surface area contributed by atoms with Crippen LogP contribution in [-0.4, -0.2) is 23.4 Å². The lowest BCUT2D eigenvalue weighted by molar-refractivity contribution is 0.569. The predicted octanol–water partition coefficient (Wildman–Crippen LogP) is 4.26. The van der Waals surface area contributed by atoms with Crippen molar-refractivity contribution in [3.63, 3.8) is 0 Å². The Labute approximate surface area is 185 Å². The van der Waals surface area contributed by atoms with Crippen LogP contribution in [0, 0.1) is 5.82 Å². The molecule has 31 heavy (non-hydrogen) atoms. The molecule has 0 unspecified atom stereocenters. The first kappa shape index (κ1) is 22.1. The van der Waals surface area contributed by atoms with Gasteiger partial charge in [-0.3, -0.25) is 0 Å². The van der Waals surface area contributed by atoms with Gasteiger partial charge >= 0.3 is 0 Å². The molecule has 4 rings (SSSR count). The summed E-state index contributed by atoms with van der Waals surface area (Å²) in [5.74, 6) is -0.542. The number of thiophene rings is 1. The van der Waals surface area contributed by atoms with Crippen molar-refractivity contribution in [1.29, 1.82) is 0 Å². The zero-order chi connectivity index (χ0) is 22.1. The van der Waals surface area contributed by atoms with Gasteiger partial charge in [0.05, 0.1) is 9.79 Å². The molecule has 164 valence electrons. The van der Waals surface area contributed by atoms with Gasteiger partial charge in [0.15, 0.2) is 9.84 Å². The summed E-state index contributed by atoms with van der Waals surface area (Å²) < 4.78 is 68.1. The molecular formula is C22H22FNO4S3. The molecule has 0 aliphatic heterocycles. The van der Waals surface area contributed by atoms with E-state index >= 15 is 0 Å². The third-order valence-electron chi connectivity index (χ3n) is 5.47. The van der Waals surface area contributed by atoms with Crippen LogP contribution in [0.3, 0.4) is 0 Å². The van der Waals surface area contributed by atoms with Crippen molar-refractivity contribution in [1.82, 2.24) is 4.72 Å². The fourth-order valence-corrected chi connectivity index (χ4v) is 7.76. The number of halogens is 1. The van der Waals surface area contributed by atoms with Crippen LogP contribution >= 0.6 is 11.3 Å². The molecule has 0 saturated carbocycles. The van der Waals surface area contributed by atoms with E-state index in [2.05, 4.69) is 4.72 Å². The highest BCUT2D eigenvalue weighted by Crippen LogP contribution is 2.32.